The van der Waals surface area contributed by atoms with Gasteiger partial charge in [-0.1, -0.05) is 29.5 Å². The molecule has 192 valence electrons. The summed E-state index contributed by atoms with van der Waals surface area (Å²) in [5, 5.41) is -15.1. The number of benzene rings is 1. The highest BCUT2D eigenvalue weighted by molar-refractivity contribution is 8.15. The van der Waals surface area contributed by atoms with Crippen molar-refractivity contribution in [3.8, 4) is 0 Å². The summed E-state index contributed by atoms with van der Waals surface area (Å²) < 4.78 is 203. The lowest BCUT2D eigenvalue weighted by atomic mass is 10.0. The Morgan fingerprint density at radius 3 is 1.53 bits per heavy atom. The first-order chi connectivity index (χ1) is 14.9. The molecule has 2 rings (SSSR count). The summed E-state index contributed by atoms with van der Waals surface area (Å²) in [6, 6.07) is 4.53. The predicted octanol–water partition coefficient (Wildman–Crippen LogP) is 3.45. The van der Waals surface area contributed by atoms with Crippen molar-refractivity contribution in [2.45, 2.75) is 28.8 Å². The summed E-state index contributed by atoms with van der Waals surface area (Å²) in [4.78, 5) is 0. The fraction of sp³-hybridized carbons (Fsp3) is 0.312. The third-order valence-corrected chi connectivity index (χ3v) is 8.80. The zero-order chi connectivity index (χ0) is 26.8. The number of hydrogen-bond acceptors (Lipinski definition) is 4. The standard InChI is InChI=1S/C16H7F12O4S2/c17-12(18,13(19,20)21)15(25,26)33(29,30)11(34(31,32)16(27,28)14(22,23)24)10-6-5-8-3-1-2-4-9(8)7-10/h1-7H/q-1/b11-10+. The Balaban J connectivity index is 3.08. The van der Waals surface area contributed by atoms with Crippen LogP contribution in [0.5, 0.6) is 0 Å². The Morgan fingerprint density at radius 1 is 0.647 bits per heavy atom. The van der Waals surface area contributed by atoms with E-state index in [0.29, 0.717) is 6.08 Å². The second-order valence-corrected chi connectivity index (χ2v) is 10.6. The van der Waals surface area contributed by atoms with Crippen LogP contribution in [0.25, 0.3) is 12.2 Å². The maximum Gasteiger partial charge on any atom is 0.468 e. The van der Waals surface area contributed by atoms with E-state index in [0.717, 1.165) is 12.1 Å². The van der Waals surface area contributed by atoms with Gasteiger partial charge in [-0.3, -0.25) is 0 Å². The minimum Gasteiger partial charge on any atom is -0.226 e. The summed E-state index contributed by atoms with van der Waals surface area (Å²) >= 11 is 0. The lowest BCUT2D eigenvalue weighted by molar-refractivity contribution is -0.331. The van der Waals surface area contributed by atoms with E-state index in [4.69, 9.17) is 0 Å². The van der Waals surface area contributed by atoms with Gasteiger partial charge in [0.15, 0.2) is 0 Å². The van der Waals surface area contributed by atoms with Gasteiger partial charge in [0.2, 0.25) is 19.7 Å². The number of allylic oxidation sites excluding steroid dienone is 1. The van der Waals surface area contributed by atoms with Crippen LogP contribution in [-0.2, 0) is 19.7 Å². The molecule has 34 heavy (non-hydrogen) atoms. The predicted molar refractivity (Wildman–Crippen MR) is 90.7 cm³/mol. The van der Waals surface area contributed by atoms with Crippen molar-refractivity contribution in [3.63, 3.8) is 0 Å². The van der Waals surface area contributed by atoms with Gasteiger partial charge in [0.25, 0.3) is 0 Å². The van der Waals surface area contributed by atoms with Gasteiger partial charge in [-0.25, -0.2) is 16.8 Å². The highest BCUT2D eigenvalue weighted by Gasteiger charge is 2.80. The first kappa shape index (κ1) is 27.9. The third-order valence-electron chi connectivity index (χ3n) is 4.20. The number of sulfone groups is 2. The molecule has 1 aliphatic carbocycles. The molecule has 0 radical (unpaired) electrons. The summed E-state index contributed by atoms with van der Waals surface area (Å²) in [5.41, 5.74) is -1.94. The highest BCUT2D eigenvalue weighted by Crippen LogP contribution is 2.54. The maximum atomic E-state index is 14.1. The van der Waals surface area contributed by atoms with E-state index < -0.39 is 58.3 Å². The van der Waals surface area contributed by atoms with Crippen LogP contribution in [-0.4, -0.2) is 45.6 Å². The molecule has 0 saturated heterocycles. The van der Waals surface area contributed by atoms with E-state index in [1.807, 2.05) is 0 Å². The van der Waals surface area contributed by atoms with E-state index in [9.17, 15) is 69.5 Å². The van der Waals surface area contributed by atoms with Crippen LogP contribution in [0, 0.1) is 6.42 Å². The number of alkyl halides is 12. The molecule has 0 N–H and O–H groups in total. The number of fused-ring (bicyclic) bond motifs is 1. The van der Waals surface area contributed by atoms with Crippen LogP contribution < -0.4 is 10.4 Å². The van der Waals surface area contributed by atoms with Gasteiger partial charge < -0.3 is 0 Å². The molecule has 0 aromatic heterocycles. The topological polar surface area (TPSA) is 68.3 Å². The SMILES string of the molecule is O=S(=O)(/C(=C1/C=c2ccccc2=C[CH-]1)S(=O)(=O)C(F)(F)C(F)(F)C(F)(F)F)C(F)(F)C(F)(F)F. The van der Waals surface area contributed by atoms with E-state index in [2.05, 4.69) is 0 Å². The zero-order valence-electron chi connectivity index (χ0n) is 15.5. The van der Waals surface area contributed by atoms with Crippen molar-refractivity contribution in [2.24, 2.45) is 0 Å². The van der Waals surface area contributed by atoms with Gasteiger partial charge in [0.1, 0.15) is 4.24 Å². The zero-order valence-corrected chi connectivity index (χ0v) is 17.2. The van der Waals surface area contributed by atoms with Crippen molar-refractivity contribution >= 4 is 31.8 Å². The number of hydrogen-bond donors (Lipinski definition) is 0. The van der Waals surface area contributed by atoms with Crippen molar-refractivity contribution in [2.75, 3.05) is 0 Å². The molecule has 0 spiro atoms. The van der Waals surface area contributed by atoms with Crippen molar-refractivity contribution < 1.29 is 69.5 Å². The fourth-order valence-corrected chi connectivity index (χ4v) is 6.37. The molecule has 0 saturated carbocycles. The molecular weight excluding hydrogens is 548 g/mol. The van der Waals surface area contributed by atoms with Gasteiger partial charge in [0.05, 0.1) is 0 Å². The molecular formula is C16H7F12O4S2-. The molecule has 1 aromatic rings. The first-order valence-electron chi connectivity index (χ1n) is 8.07. The normalized spacial score (nSPS) is 17.8. The summed E-state index contributed by atoms with van der Waals surface area (Å²) in [7, 11) is -16.1. The molecule has 18 heteroatoms. The largest absolute Gasteiger partial charge is 0.468 e. The average molecular weight is 555 g/mol. The molecule has 0 aliphatic heterocycles. The quantitative estimate of drug-likeness (QED) is 0.413. The Hall–Kier alpha value is -2.37. The van der Waals surface area contributed by atoms with Crippen LogP contribution in [0.15, 0.2) is 34.1 Å². The molecule has 0 amide bonds. The molecule has 0 atom stereocenters. The van der Waals surface area contributed by atoms with Crippen LogP contribution in [0.2, 0.25) is 0 Å². The van der Waals surface area contributed by atoms with Crippen LogP contribution in [0.1, 0.15) is 0 Å². The van der Waals surface area contributed by atoms with E-state index in [1.54, 1.807) is 0 Å². The summed E-state index contributed by atoms with van der Waals surface area (Å²) in [6.45, 7) is 0. The van der Waals surface area contributed by atoms with Gasteiger partial charge in [-0.05, 0) is 0 Å². The van der Waals surface area contributed by atoms with Crippen LogP contribution in [0.3, 0.4) is 0 Å². The summed E-state index contributed by atoms with van der Waals surface area (Å²) in [5.74, 6) is -7.61. The Kier molecular flexibility index (Phi) is 6.41. The first-order valence-corrected chi connectivity index (χ1v) is 11.0. The fourth-order valence-electron chi connectivity index (χ4n) is 2.49. The maximum absolute atomic E-state index is 14.1. The second kappa shape index (κ2) is 7.82. The monoisotopic (exact) mass is 555 g/mol. The molecule has 4 nitrogen and oxygen atoms in total. The minimum absolute atomic E-state index is 0.00430. The lowest BCUT2D eigenvalue weighted by Gasteiger charge is -2.32. The minimum atomic E-state index is -8.12. The van der Waals surface area contributed by atoms with E-state index in [-0.39, 0.29) is 22.9 Å². The van der Waals surface area contributed by atoms with Gasteiger partial charge in [0, 0.05) is 0 Å². The Labute approximate surface area is 181 Å². The van der Waals surface area contributed by atoms with Crippen molar-refractivity contribution in [3.05, 3.63) is 50.9 Å². The number of rotatable bonds is 5. The van der Waals surface area contributed by atoms with Gasteiger partial charge in [-0.15, -0.1) is 29.4 Å². The third kappa shape index (κ3) is 3.93. The Morgan fingerprint density at radius 2 is 1.09 bits per heavy atom. The van der Waals surface area contributed by atoms with Crippen molar-refractivity contribution in [1.29, 1.82) is 0 Å². The van der Waals surface area contributed by atoms with Crippen LogP contribution >= 0.6 is 0 Å². The lowest BCUT2D eigenvalue weighted by Crippen LogP contribution is -2.57. The van der Waals surface area contributed by atoms with Crippen molar-refractivity contribution in [1.82, 2.24) is 0 Å². The summed E-state index contributed by atoms with van der Waals surface area (Å²) in [6.07, 6.45) is -13.8. The smallest absolute Gasteiger partial charge is 0.226 e. The van der Waals surface area contributed by atoms with Gasteiger partial charge >= 0.3 is 28.8 Å². The molecule has 0 bridgehead atoms. The van der Waals surface area contributed by atoms with E-state index in [1.165, 1.54) is 12.1 Å². The molecule has 1 aromatic carbocycles. The molecule has 0 heterocycles. The molecule has 0 fully saturated rings. The number of halogens is 12. The Bertz CT molecular complexity index is 1350. The molecule has 0 unspecified atom stereocenters. The highest BCUT2D eigenvalue weighted by atomic mass is 32.3. The van der Waals surface area contributed by atoms with E-state index >= 15 is 0 Å². The second-order valence-electron chi connectivity index (χ2n) is 6.46. The molecule has 1 aliphatic rings. The van der Waals surface area contributed by atoms with Crippen LogP contribution in [0.4, 0.5) is 52.7 Å². The average Bonchev–Trinajstić information content (AvgIpc) is 2.65. The van der Waals surface area contributed by atoms with Gasteiger partial charge in [-0.2, -0.15) is 52.7 Å².